The molecular formula is C19H19BrN3O3S+. The Kier molecular flexibility index (Phi) is 5.86. The summed E-state index contributed by atoms with van der Waals surface area (Å²) < 4.78 is 9.69. The summed E-state index contributed by atoms with van der Waals surface area (Å²) in [4.78, 5) is 10.6. The minimum absolute atomic E-state index is 0. The Balaban J connectivity index is 0.00000210. The van der Waals surface area contributed by atoms with E-state index in [2.05, 4.69) is 15.3 Å². The van der Waals surface area contributed by atoms with Crippen LogP contribution in [-0.2, 0) is 6.54 Å². The molecule has 2 aromatic carbocycles. The molecule has 0 saturated carbocycles. The van der Waals surface area contributed by atoms with Crippen LogP contribution in [0.25, 0.3) is 16.9 Å². The Morgan fingerprint density at radius 3 is 2.48 bits per heavy atom. The van der Waals surface area contributed by atoms with Gasteiger partial charge in [0.25, 0.3) is 5.69 Å². The molecule has 0 radical (unpaired) electrons. The van der Waals surface area contributed by atoms with E-state index in [9.17, 15) is 10.1 Å². The number of non-ortho nitro benzene ring substituents is 1. The standard InChI is InChI=1S/C19H18N3O3S.BrH/c1-25-17-9-3-14(4-10-17)18-13-20-11-2-12-26-19(20)21(18)15-5-7-16(8-6-15)22(23)24;/h3-10,13H,2,11-12H2,1H3;1H/q+1;. The van der Waals surface area contributed by atoms with Crippen LogP contribution in [0.4, 0.5) is 5.69 Å². The fourth-order valence-electron chi connectivity index (χ4n) is 3.14. The van der Waals surface area contributed by atoms with Gasteiger partial charge in [-0.05, 0) is 54.6 Å². The van der Waals surface area contributed by atoms with Gasteiger partial charge in [0.2, 0.25) is 0 Å². The lowest BCUT2D eigenvalue weighted by Crippen LogP contribution is -2.37. The zero-order valence-electron chi connectivity index (χ0n) is 14.7. The van der Waals surface area contributed by atoms with Gasteiger partial charge in [0.15, 0.2) is 5.69 Å². The second-order valence-electron chi connectivity index (χ2n) is 6.03. The molecule has 0 atom stereocenters. The largest absolute Gasteiger partial charge is 0.497 e. The van der Waals surface area contributed by atoms with E-state index < -0.39 is 0 Å². The van der Waals surface area contributed by atoms with Crippen LogP contribution in [0.2, 0.25) is 0 Å². The Labute approximate surface area is 171 Å². The van der Waals surface area contributed by atoms with Gasteiger partial charge in [0.1, 0.15) is 17.6 Å². The van der Waals surface area contributed by atoms with E-state index >= 15 is 0 Å². The second kappa shape index (κ2) is 8.14. The van der Waals surface area contributed by atoms with Crippen LogP contribution in [0.1, 0.15) is 6.42 Å². The average Bonchev–Trinajstić information content (AvgIpc) is 3.07. The van der Waals surface area contributed by atoms with Crippen molar-refractivity contribution in [1.82, 2.24) is 4.57 Å². The molecule has 3 aromatic rings. The molecule has 27 heavy (non-hydrogen) atoms. The van der Waals surface area contributed by atoms with E-state index in [1.54, 1.807) is 31.4 Å². The minimum Gasteiger partial charge on any atom is -0.497 e. The maximum Gasteiger partial charge on any atom is 0.323 e. The molecule has 0 N–H and O–H groups in total. The first kappa shape index (κ1) is 19.4. The van der Waals surface area contributed by atoms with Crippen molar-refractivity contribution >= 4 is 34.4 Å². The van der Waals surface area contributed by atoms with E-state index in [4.69, 9.17) is 4.74 Å². The number of nitro benzene ring substituents is 1. The molecule has 8 heteroatoms. The fraction of sp³-hybridized carbons (Fsp3) is 0.211. The topological polar surface area (TPSA) is 61.2 Å². The van der Waals surface area contributed by atoms with Gasteiger partial charge in [-0.3, -0.25) is 10.1 Å². The van der Waals surface area contributed by atoms with Crippen LogP contribution < -0.4 is 9.30 Å². The SMILES string of the molecule is Br.COc1ccc(-c2c[n+]3c(n2-c2ccc([N+](=O)[O-])cc2)SCCC3)cc1. The lowest BCUT2D eigenvalue weighted by Gasteiger charge is -2.09. The summed E-state index contributed by atoms with van der Waals surface area (Å²) in [5, 5.41) is 12.1. The highest BCUT2D eigenvalue weighted by molar-refractivity contribution is 8.93. The third-order valence-electron chi connectivity index (χ3n) is 4.44. The monoisotopic (exact) mass is 448 g/mol. The number of imidazole rings is 1. The molecule has 0 saturated heterocycles. The molecule has 1 aromatic heterocycles. The molecule has 0 aliphatic carbocycles. The number of nitrogens with zero attached hydrogens (tertiary/aromatic N) is 3. The van der Waals surface area contributed by atoms with Crippen LogP contribution in [0.5, 0.6) is 5.75 Å². The number of rotatable bonds is 4. The van der Waals surface area contributed by atoms with E-state index in [1.165, 1.54) is 0 Å². The Bertz CT molecular complexity index is 956. The number of methoxy groups -OCH3 is 1. The summed E-state index contributed by atoms with van der Waals surface area (Å²) in [6, 6.07) is 14.7. The molecule has 6 nitrogen and oxygen atoms in total. The van der Waals surface area contributed by atoms with E-state index in [1.807, 2.05) is 36.0 Å². The molecule has 0 bridgehead atoms. The number of fused-ring (bicyclic) bond motifs is 1. The second-order valence-corrected chi connectivity index (χ2v) is 7.09. The van der Waals surface area contributed by atoms with Gasteiger partial charge < -0.3 is 4.74 Å². The van der Waals surface area contributed by atoms with Crippen molar-refractivity contribution in [3.8, 4) is 22.7 Å². The number of nitro groups is 1. The molecule has 0 unspecified atom stereocenters. The van der Waals surface area contributed by atoms with Crippen LogP contribution in [-0.4, -0.2) is 22.4 Å². The van der Waals surface area contributed by atoms with Crippen molar-refractivity contribution in [1.29, 1.82) is 0 Å². The van der Waals surface area contributed by atoms with Gasteiger partial charge in [-0.1, -0.05) is 0 Å². The molecular weight excluding hydrogens is 430 g/mol. The first-order valence-electron chi connectivity index (χ1n) is 8.34. The summed E-state index contributed by atoms with van der Waals surface area (Å²) in [6.45, 7) is 0.978. The van der Waals surface area contributed by atoms with Crippen molar-refractivity contribution in [3.05, 3.63) is 64.8 Å². The third-order valence-corrected chi connectivity index (χ3v) is 5.60. The molecule has 1 aliphatic heterocycles. The van der Waals surface area contributed by atoms with Crippen molar-refractivity contribution in [2.24, 2.45) is 0 Å². The lowest BCUT2D eigenvalue weighted by atomic mass is 10.1. The number of ether oxygens (including phenoxy) is 1. The van der Waals surface area contributed by atoms with E-state index in [0.717, 1.165) is 46.6 Å². The number of halogens is 1. The predicted molar refractivity (Wildman–Crippen MR) is 110 cm³/mol. The summed E-state index contributed by atoms with van der Waals surface area (Å²) >= 11 is 1.81. The number of hydrogen-bond acceptors (Lipinski definition) is 4. The zero-order chi connectivity index (χ0) is 18.1. The lowest BCUT2D eigenvalue weighted by molar-refractivity contribution is -0.734. The smallest absolute Gasteiger partial charge is 0.323 e. The molecule has 0 fully saturated rings. The average molecular weight is 449 g/mol. The van der Waals surface area contributed by atoms with Gasteiger partial charge >= 0.3 is 5.16 Å². The van der Waals surface area contributed by atoms with Crippen molar-refractivity contribution in [2.75, 3.05) is 12.9 Å². The normalized spacial score (nSPS) is 12.8. The van der Waals surface area contributed by atoms with Crippen molar-refractivity contribution in [2.45, 2.75) is 18.1 Å². The predicted octanol–water partition coefficient (Wildman–Crippen LogP) is 4.42. The van der Waals surface area contributed by atoms with E-state index in [-0.39, 0.29) is 27.6 Å². The first-order chi connectivity index (χ1) is 12.7. The highest BCUT2D eigenvalue weighted by Crippen LogP contribution is 2.32. The summed E-state index contributed by atoms with van der Waals surface area (Å²) in [5.74, 6) is 1.88. The van der Waals surface area contributed by atoms with Crippen LogP contribution in [0.3, 0.4) is 0 Å². The fourth-order valence-corrected chi connectivity index (χ4v) is 4.24. The van der Waals surface area contributed by atoms with Crippen molar-refractivity contribution < 1.29 is 14.2 Å². The minimum atomic E-state index is -0.372. The highest BCUT2D eigenvalue weighted by atomic mass is 79.9. The Morgan fingerprint density at radius 1 is 1.15 bits per heavy atom. The van der Waals surface area contributed by atoms with Crippen LogP contribution in [0.15, 0.2) is 59.9 Å². The maximum absolute atomic E-state index is 11.0. The molecule has 0 spiro atoms. The number of aromatic nitrogens is 2. The van der Waals surface area contributed by atoms with Gasteiger partial charge in [-0.15, -0.1) is 17.0 Å². The number of thioether (sulfide) groups is 1. The quantitative estimate of drug-likeness (QED) is 0.336. The molecule has 140 valence electrons. The van der Waals surface area contributed by atoms with Crippen LogP contribution in [0, 0.1) is 10.1 Å². The Morgan fingerprint density at radius 2 is 1.85 bits per heavy atom. The Hall–Kier alpha value is -2.32. The van der Waals surface area contributed by atoms with Gasteiger partial charge in [0, 0.05) is 23.4 Å². The summed E-state index contributed by atoms with van der Waals surface area (Å²) in [5.41, 5.74) is 3.16. The number of aryl methyl sites for hydroxylation is 1. The molecule has 4 rings (SSSR count). The zero-order valence-corrected chi connectivity index (χ0v) is 17.2. The summed E-state index contributed by atoms with van der Waals surface area (Å²) in [7, 11) is 1.65. The van der Waals surface area contributed by atoms with Gasteiger partial charge in [-0.25, -0.2) is 4.57 Å². The van der Waals surface area contributed by atoms with Crippen LogP contribution >= 0.6 is 28.7 Å². The summed E-state index contributed by atoms with van der Waals surface area (Å²) in [6.07, 6.45) is 3.29. The molecule has 2 heterocycles. The highest BCUT2D eigenvalue weighted by Gasteiger charge is 2.29. The third kappa shape index (κ3) is 3.72. The number of hydrogen-bond donors (Lipinski definition) is 0. The van der Waals surface area contributed by atoms with Gasteiger partial charge in [0.05, 0.1) is 18.6 Å². The van der Waals surface area contributed by atoms with E-state index in [0.29, 0.717) is 0 Å². The molecule has 0 amide bonds. The molecule has 1 aliphatic rings. The van der Waals surface area contributed by atoms with Crippen molar-refractivity contribution in [3.63, 3.8) is 0 Å². The maximum atomic E-state index is 11.0. The van der Waals surface area contributed by atoms with Gasteiger partial charge in [-0.2, -0.15) is 4.57 Å². The first-order valence-corrected chi connectivity index (χ1v) is 9.33. The number of benzene rings is 2.